The van der Waals surface area contributed by atoms with Crippen molar-refractivity contribution in [3.05, 3.63) is 35.4 Å². The Balaban J connectivity index is 2.51. The first-order valence-corrected chi connectivity index (χ1v) is 5.87. The highest BCUT2D eigenvalue weighted by atomic mass is 32.2. The van der Waals surface area contributed by atoms with E-state index >= 15 is 0 Å². The topological polar surface area (TPSA) is 46.2 Å². The molecule has 0 aliphatic heterocycles. The average Bonchev–Trinajstić information content (AvgIpc) is 2.19. The van der Waals surface area contributed by atoms with E-state index in [1.165, 1.54) is 5.56 Å². The number of nitrogens with two attached hydrogens (primary N) is 1. The Morgan fingerprint density at radius 1 is 1.36 bits per heavy atom. The average molecular weight is 227 g/mol. The van der Waals surface area contributed by atoms with Gasteiger partial charge in [0.25, 0.3) is 0 Å². The van der Waals surface area contributed by atoms with Crippen LogP contribution >= 0.6 is 24.0 Å². The molecule has 0 fully saturated rings. The van der Waals surface area contributed by atoms with Gasteiger partial charge in [-0.2, -0.15) is 11.8 Å². The molecule has 1 aromatic carbocycles. The lowest BCUT2D eigenvalue weighted by Gasteiger charge is -2.02. The fraction of sp³-hybridized carbons (Fsp3) is 0.300. The van der Waals surface area contributed by atoms with Crippen LogP contribution in [-0.4, -0.2) is 22.5 Å². The first-order chi connectivity index (χ1) is 6.74. The Morgan fingerprint density at radius 2 is 2.00 bits per heavy atom. The fourth-order valence-corrected chi connectivity index (χ4v) is 1.86. The maximum atomic E-state index is 8.61. The van der Waals surface area contributed by atoms with Crippen LogP contribution in [-0.2, 0) is 5.75 Å². The highest BCUT2D eigenvalue weighted by Crippen LogP contribution is 2.12. The largest absolute Gasteiger partial charge is 0.396 e. The van der Waals surface area contributed by atoms with Crippen molar-refractivity contribution in [1.29, 1.82) is 0 Å². The van der Waals surface area contributed by atoms with E-state index in [4.69, 9.17) is 23.1 Å². The second-order valence-corrected chi connectivity index (χ2v) is 4.38. The molecular weight excluding hydrogens is 214 g/mol. The zero-order chi connectivity index (χ0) is 10.4. The van der Waals surface area contributed by atoms with Gasteiger partial charge in [0.15, 0.2) is 0 Å². The molecule has 1 rings (SSSR count). The molecule has 0 aliphatic rings. The van der Waals surface area contributed by atoms with E-state index < -0.39 is 0 Å². The predicted octanol–water partition coefficient (Wildman–Crippen LogP) is 1.55. The van der Waals surface area contributed by atoms with Gasteiger partial charge in [-0.3, -0.25) is 0 Å². The van der Waals surface area contributed by atoms with Crippen LogP contribution < -0.4 is 5.73 Å². The van der Waals surface area contributed by atoms with E-state index in [-0.39, 0.29) is 6.61 Å². The molecule has 4 heteroatoms. The molecule has 76 valence electrons. The number of aliphatic hydroxyl groups excluding tert-OH is 1. The molecule has 0 heterocycles. The van der Waals surface area contributed by atoms with E-state index in [9.17, 15) is 0 Å². The van der Waals surface area contributed by atoms with Crippen molar-refractivity contribution in [1.82, 2.24) is 0 Å². The van der Waals surface area contributed by atoms with E-state index in [1.54, 1.807) is 11.8 Å². The van der Waals surface area contributed by atoms with Gasteiger partial charge in [0.1, 0.15) is 4.99 Å². The molecule has 0 spiro atoms. The summed E-state index contributed by atoms with van der Waals surface area (Å²) in [7, 11) is 0. The highest BCUT2D eigenvalue weighted by molar-refractivity contribution is 7.98. The van der Waals surface area contributed by atoms with Crippen LogP contribution in [0.3, 0.4) is 0 Å². The fourth-order valence-electron chi connectivity index (χ4n) is 1.02. The molecule has 3 N–H and O–H groups in total. The second-order valence-electron chi connectivity index (χ2n) is 2.84. The Bertz CT molecular complexity index is 297. The normalized spacial score (nSPS) is 10.1. The van der Waals surface area contributed by atoms with E-state index in [2.05, 4.69) is 0 Å². The summed E-state index contributed by atoms with van der Waals surface area (Å²) in [4.78, 5) is 0.430. The molecule has 14 heavy (non-hydrogen) atoms. The second kappa shape index (κ2) is 6.01. The molecule has 0 saturated carbocycles. The summed E-state index contributed by atoms with van der Waals surface area (Å²) >= 11 is 6.56. The van der Waals surface area contributed by atoms with Crippen molar-refractivity contribution in [3.63, 3.8) is 0 Å². The Labute approximate surface area is 93.5 Å². The molecule has 0 radical (unpaired) electrons. The number of aliphatic hydroxyl groups is 1. The number of hydrogen-bond acceptors (Lipinski definition) is 3. The first kappa shape index (κ1) is 11.5. The molecule has 0 unspecified atom stereocenters. The van der Waals surface area contributed by atoms with E-state index in [0.29, 0.717) is 4.99 Å². The standard InChI is InChI=1S/C10H13NOS2/c11-10(13)9-3-1-8(2-4-9)7-14-6-5-12/h1-4,12H,5-7H2,(H2,11,13). The van der Waals surface area contributed by atoms with Gasteiger partial charge in [-0.05, 0) is 5.56 Å². The molecular formula is C10H13NOS2. The number of thioether (sulfide) groups is 1. The zero-order valence-corrected chi connectivity index (χ0v) is 9.40. The van der Waals surface area contributed by atoms with Gasteiger partial charge in [0.05, 0.1) is 6.61 Å². The van der Waals surface area contributed by atoms with Gasteiger partial charge in [-0.25, -0.2) is 0 Å². The Kier molecular flexibility index (Phi) is 4.93. The lowest BCUT2D eigenvalue weighted by Crippen LogP contribution is -2.08. The predicted molar refractivity (Wildman–Crippen MR) is 65.6 cm³/mol. The first-order valence-electron chi connectivity index (χ1n) is 4.31. The van der Waals surface area contributed by atoms with Crippen LogP contribution in [0.15, 0.2) is 24.3 Å². The van der Waals surface area contributed by atoms with Crippen molar-refractivity contribution in [2.45, 2.75) is 5.75 Å². The van der Waals surface area contributed by atoms with E-state index in [1.807, 2.05) is 24.3 Å². The summed E-state index contributed by atoms with van der Waals surface area (Å²) in [5.74, 6) is 1.69. The molecule has 0 amide bonds. The maximum Gasteiger partial charge on any atom is 0.103 e. The lowest BCUT2D eigenvalue weighted by molar-refractivity contribution is 0.322. The molecule has 0 atom stereocenters. The number of benzene rings is 1. The van der Waals surface area contributed by atoms with Crippen molar-refractivity contribution < 1.29 is 5.11 Å². The van der Waals surface area contributed by atoms with E-state index in [0.717, 1.165) is 17.1 Å². The van der Waals surface area contributed by atoms with Crippen LogP contribution in [0.5, 0.6) is 0 Å². The Morgan fingerprint density at radius 3 is 2.50 bits per heavy atom. The molecule has 2 nitrogen and oxygen atoms in total. The monoisotopic (exact) mass is 227 g/mol. The smallest absolute Gasteiger partial charge is 0.103 e. The summed E-state index contributed by atoms with van der Waals surface area (Å²) in [6.07, 6.45) is 0. The summed E-state index contributed by atoms with van der Waals surface area (Å²) in [6, 6.07) is 7.88. The molecule has 0 saturated heterocycles. The van der Waals surface area contributed by atoms with Crippen LogP contribution in [0.4, 0.5) is 0 Å². The van der Waals surface area contributed by atoms with Crippen molar-refractivity contribution >= 4 is 29.0 Å². The SMILES string of the molecule is NC(=S)c1ccc(CSCCO)cc1. The van der Waals surface area contributed by atoms with Gasteiger partial charge in [0, 0.05) is 17.1 Å². The summed E-state index contributed by atoms with van der Waals surface area (Å²) < 4.78 is 0. The molecule has 0 aromatic heterocycles. The minimum absolute atomic E-state index is 0.232. The number of thiocarbonyl (C=S) groups is 1. The number of hydrogen-bond donors (Lipinski definition) is 2. The number of rotatable bonds is 5. The molecule has 0 aliphatic carbocycles. The van der Waals surface area contributed by atoms with Gasteiger partial charge < -0.3 is 10.8 Å². The lowest BCUT2D eigenvalue weighted by atomic mass is 10.1. The van der Waals surface area contributed by atoms with Crippen LogP contribution in [0, 0.1) is 0 Å². The van der Waals surface area contributed by atoms with Gasteiger partial charge in [0.2, 0.25) is 0 Å². The highest BCUT2D eigenvalue weighted by Gasteiger charge is 1.96. The van der Waals surface area contributed by atoms with Gasteiger partial charge >= 0.3 is 0 Å². The maximum absolute atomic E-state index is 8.61. The minimum Gasteiger partial charge on any atom is -0.396 e. The molecule has 0 bridgehead atoms. The zero-order valence-electron chi connectivity index (χ0n) is 7.77. The van der Waals surface area contributed by atoms with Gasteiger partial charge in [-0.15, -0.1) is 0 Å². The van der Waals surface area contributed by atoms with Crippen LogP contribution in [0.1, 0.15) is 11.1 Å². The minimum atomic E-state index is 0.232. The third-order valence-corrected chi connectivity index (χ3v) is 2.99. The Hall–Kier alpha value is -0.580. The third-order valence-electron chi connectivity index (χ3n) is 1.74. The van der Waals surface area contributed by atoms with Crippen molar-refractivity contribution in [2.24, 2.45) is 5.73 Å². The van der Waals surface area contributed by atoms with Crippen molar-refractivity contribution in [2.75, 3.05) is 12.4 Å². The summed E-state index contributed by atoms with van der Waals surface area (Å²) in [6.45, 7) is 0.232. The van der Waals surface area contributed by atoms with Gasteiger partial charge in [-0.1, -0.05) is 36.5 Å². The molecule has 1 aromatic rings. The van der Waals surface area contributed by atoms with Crippen molar-refractivity contribution in [3.8, 4) is 0 Å². The third kappa shape index (κ3) is 3.65. The van der Waals surface area contributed by atoms with Crippen LogP contribution in [0.25, 0.3) is 0 Å². The summed E-state index contributed by atoms with van der Waals surface area (Å²) in [5, 5.41) is 8.61. The summed E-state index contributed by atoms with van der Waals surface area (Å²) in [5.41, 5.74) is 7.60. The quantitative estimate of drug-likeness (QED) is 0.592. The van der Waals surface area contributed by atoms with Crippen LogP contribution in [0.2, 0.25) is 0 Å².